The molecule has 2 heterocycles. The first-order valence-corrected chi connectivity index (χ1v) is 12.3. The fourth-order valence-corrected chi connectivity index (χ4v) is 5.29. The molecule has 34 heavy (non-hydrogen) atoms. The van der Waals surface area contributed by atoms with Crippen molar-refractivity contribution in [3.63, 3.8) is 0 Å². The summed E-state index contributed by atoms with van der Waals surface area (Å²) in [5.74, 6) is -0.591. The number of benzene rings is 2. The van der Waals surface area contributed by atoms with E-state index in [9.17, 15) is 14.7 Å². The van der Waals surface area contributed by atoms with E-state index in [1.54, 1.807) is 6.07 Å². The average Bonchev–Trinajstić information content (AvgIpc) is 3.41. The third-order valence-electron chi connectivity index (χ3n) is 6.07. The Balaban J connectivity index is 1.91. The van der Waals surface area contributed by atoms with Crippen LogP contribution in [-0.4, -0.2) is 23.4 Å². The third kappa shape index (κ3) is 4.14. The van der Waals surface area contributed by atoms with Gasteiger partial charge in [-0.15, -0.1) is 11.3 Å². The summed E-state index contributed by atoms with van der Waals surface area (Å²) in [6, 6.07) is 14.3. The smallest absolute Gasteiger partial charge is 0.300 e. The van der Waals surface area contributed by atoms with Gasteiger partial charge in [0.15, 0.2) is 0 Å². The maximum atomic E-state index is 13.3. The molecule has 0 saturated carbocycles. The molecule has 0 radical (unpaired) electrons. The van der Waals surface area contributed by atoms with Crippen LogP contribution in [0.15, 0.2) is 59.5 Å². The number of thiophene rings is 1. The summed E-state index contributed by atoms with van der Waals surface area (Å²) in [7, 11) is 0. The molecule has 1 atom stereocenters. The molecule has 176 valence electrons. The maximum absolute atomic E-state index is 13.3. The molecule has 1 N–H and O–H groups in total. The minimum absolute atomic E-state index is 0.103. The molecular formula is C28H29NO4S. The van der Waals surface area contributed by atoms with Gasteiger partial charge in [-0.25, -0.2) is 0 Å². The van der Waals surface area contributed by atoms with Crippen LogP contribution in [0.4, 0.5) is 5.69 Å². The van der Waals surface area contributed by atoms with E-state index in [-0.39, 0.29) is 17.3 Å². The molecule has 6 heteroatoms. The highest BCUT2D eigenvalue weighted by Gasteiger charge is 2.47. The Labute approximate surface area is 204 Å². The number of carbonyl (C=O) groups is 2. The van der Waals surface area contributed by atoms with E-state index < -0.39 is 17.7 Å². The molecule has 5 nitrogen and oxygen atoms in total. The Kier molecular flexibility index (Phi) is 6.62. The second-order valence-corrected chi connectivity index (χ2v) is 9.79. The number of Topliss-reactive ketones (excluding diaryl/α,β-unsaturated/α-hetero) is 1. The normalized spacial score (nSPS) is 17.6. The summed E-state index contributed by atoms with van der Waals surface area (Å²) in [6.45, 7) is 10.5. The molecule has 1 aromatic heterocycles. The third-order valence-corrected chi connectivity index (χ3v) is 7.00. The largest absolute Gasteiger partial charge is 0.507 e. The number of aliphatic hydroxyl groups excluding tert-OH is 1. The van der Waals surface area contributed by atoms with Crippen molar-refractivity contribution in [2.45, 2.75) is 46.6 Å². The van der Waals surface area contributed by atoms with Crippen LogP contribution in [0.25, 0.3) is 5.76 Å². The van der Waals surface area contributed by atoms with Crippen LogP contribution in [0.1, 0.15) is 59.9 Å². The van der Waals surface area contributed by atoms with Crippen LogP contribution in [0.5, 0.6) is 5.75 Å². The Hall–Kier alpha value is -3.38. The second-order valence-electron chi connectivity index (χ2n) is 8.81. The van der Waals surface area contributed by atoms with Crippen LogP contribution in [-0.2, 0) is 9.59 Å². The van der Waals surface area contributed by atoms with Gasteiger partial charge in [0, 0.05) is 16.1 Å². The van der Waals surface area contributed by atoms with Gasteiger partial charge in [-0.05, 0) is 73.5 Å². The van der Waals surface area contributed by atoms with Crippen LogP contribution >= 0.6 is 11.3 Å². The van der Waals surface area contributed by atoms with E-state index in [1.165, 1.54) is 16.2 Å². The molecular weight excluding hydrogens is 446 g/mol. The molecule has 0 bridgehead atoms. The van der Waals surface area contributed by atoms with E-state index in [1.807, 2.05) is 82.5 Å². The van der Waals surface area contributed by atoms with Gasteiger partial charge in [0.25, 0.3) is 11.7 Å². The van der Waals surface area contributed by atoms with Crippen LogP contribution in [0, 0.1) is 13.8 Å². The van der Waals surface area contributed by atoms with E-state index >= 15 is 0 Å². The lowest BCUT2D eigenvalue weighted by molar-refractivity contribution is -0.132. The van der Waals surface area contributed by atoms with Crippen molar-refractivity contribution in [3.05, 3.63) is 86.6 Å². The second kappa shape index (κ2) is 9.47. The van der Waals surface area contributed by atoms with Crippen molar-refractivity contribution in [3.8, 4) is 5.75 Å². The highest BCUT2D eigenvalue weighted by atomic mass is 32.1. The van der Waals surface area contributed by atoms with Gasteiger partial charge < -0.3 is 9.84 Å². The molecule has 0 spiro atoms. The lowest BCUT2D eigenvalue weighted by Crippen LogP contribution is -2.29. The Morgan fingerprint density at radius 1 is 1.12 bits per heavy atom. The van der Waals surface area contributed by atoms with Crippen LogP contribution < -0.4 is 9.64 Å². The first kappa shape index (κ1) is 23.8. The average molecular weight is 476 g/mol. The predicted octanol–water partition coefficient (Wildman–Crippen LogP) is 6.51. The number of aliphatic hydroxyl groups is 1. The Morgan fingerprint density at radius 3 is 2.50 bits per heavy atom. The lowest BCUT2D eigenvalue weighted by Gasteiger charge is -2.26. The predicted molar refractivity (Wildman–Crippen MR) is 137 cm³/mol. The number of ether oxygens (including phenoxy) is 1. The molecule has 2 aromatic carbocycles. The molecule has 1 unspecified atom stereocenters. The van der Waals surface area contributed by atoms with Gasteiger partial charge in [0.2, 0.25) is 0 Å². The summed E-state index contributed by atoms with van der Waals surface area (Å²) in [5, 5.41) is 13.3. The fourth-order valence-electron chi connectivity index (χ4n) is 4.46. The maximum Gasteiger partial charge on any atom is 0.300 e. The molecule has 1 aliphatic rings. The van der Waals surface area contributed by atoms with Crippen molar-refractivity contribution < 1.29 is 19.4 Å². The SMILES string of the molecule is CCOc1ccc(/C(O)=C2/C(=O)C(=O)N(c3ccc(C)cc3C)C2c2cccs2)cc1C(C)C. The number of amides is 1. The highest BCUT2D eigenvalue weighted by molar-refractivity contribution is 7.10. The number of hydrogen-bond acceptors (Lipinski definition) is 5. The highest BCUT2D eigenvalue weighted by Crippen LogP contribution is 2.45. The zero-order chi connectivity index (χ0) is 24.6. The van der Waals surface area contributed by atoms with Gasteiger partial charge in [0.1, 0.15) is 17.6 Å². The molecule has 1 saturated heterocycles. The van der Waals surface area contributed by atoms with E-state index in [0.29, 0.717) is 17.9 Å². The fraction of sp³-hybridized carbons (Fsp3) is 0.286. The van der Waals surface area contributed by atoms with Gasteiger partial charge in [0.05, 0.1) is 12.2 Å². The van der Waals surface area contributed by atoms with Crippen molar-refractivity contribution in [1.82, 2.24) is 0 Å². The minimum atomic E-state index is -0.699. The summed E-state index contributed by atoms with van der Waals surface area (Å²) in [5.41, 5.74) is 4.16. The van der Waals surface area contributed by atoms with Gasteiger partial charge >= 0.3 is 0 Å². The monoisotopic (exact) mass is 475 g/mol. The quantitative estimate of drug-likeness (QED) is 0.251. The Bertz CT molecular complexity index is 1270. The van der Waals surface area contributed by atoms with E-state index in [2.05, 4.69) is 0 Å². The lowest BCUT2D eigenvalue weighted by atomic mass is 9.95. The molecule has 1 aliphatic heterocycles. The van der Waals surface area contributed by atoms with Crippen molar-refractivity contribution in [2.75, 3.05) is 11.5 Å². The minimum Gasteiger partial charge on any atom is -0.507 e. The van der Waals surface area contributed by atoms with Gasteiger partial charge in [-0.2, -0.15) is 0 Å². The van der Waals surface area contributed by atoms with Crippen molar-refractivity contribution in [2.24, 2.45) is 0 Å². The zero-order valence-corrected chi connectivity index (χ0v) is 20.9. The van der Waals surface area contributed by atoms with Crippen LogP contribution in [0.3, 0.4) is 0 Å². The molecule has 4 rings (SSSR count). The number of ketones is 1. The molecule has 1 fully saturated rings. The number of anilines is 1. The van der Waals surface area contributed by atoms with Crippen LogP contribution in [0.2, 0.25) is 0 Å². The van der Waals surface area contributed by atoms with E-state index in [4.69, 9.17) is 4.74 Å². The summed E-state index contributed by atoms with van der Waals surface area (Å²) in [6.07, 6.45) is 0. The summed E-state index contributed by atoms with van der Waals surface area (Å²) < 4.78 is 5.75. The number of rotatable bonds is 6. The zero-order valence-electron chi connectivity index (χ0n) is 20.1. The molecule has 3 aromatic rings. The standard InChI is InChI=1S/C28H29NO4S/c1-6-33-22-12-10-19(15-20(22)16(2)3)26(30)24-25(23-8-7-13-34-23)29(28(32)27(24)31)21-11-9-17(4)14-18(21)5/h7-16,25,30H,6H2,1-5H3/b26-24-. The Morgan fingerprint density at radius 2 is 1.88 bits per heavy atom. The summed E-state index contributed by atoms with van der Waals surface area (Å²) >= 11 is 1.45. The van der Waals surface area contributed by atoms with E-state index in [0.717, 1.165) is 27.3 Å². The number of nitrogens with zero attached hydrogens (tertiary/aromatic N) is 1. The van der Waals surface area contributed by atoms with Crippen molar-refractivity contribution >= 4 is 34.5 Å². The first-order chi connectivity index (χ1) is 16.2. The summed E-state index contributed by atoms with van der Waals surface area (Å²) in [4.78, 5) is 29.0. The number of aryl methyl sites for hydroxylation is 2. The number of carbonyl (C=O) groups excluding carboxylic acids is 2. The molecule has 1 amide bonds. The van der Waals surface area contributed by atoms with Crippen molar-refractivity contribution in [1.29, 1.82) is 0 Å². The first-order valence-electron chi connectivity index (χ1n) is 11.4. The molecule has 0 aliphatic carbocycles. The van der Waals surface area contributed by atoms with Gasteiger partial charge in [-0.1, -0.05) is 37.6 Å². The topological polar surface area (TPSA) is 66.8 Å². The number of hydrogen-bond donors (Lipinski definition) is 1. The van der Waals surface area contributed by atoms with Gasteiger partial charge in [-0.3, -0.25) is 14.5 Å².